The minimum Gasteiger partial charge on any atom is -0.480 e. The van der Waals surface area contributed by atoms with Gasteiger partial charge in [-0.25, -0.2) is 4.79 Å². The number of fused-ring (bicyclic) bond motifs is 3. The van der Waals surface area contributed by atoms with Gasteiger partial charge in [-0.2, -0.15) is 0 Å². The average Bonchev–Trinajstić information content (AvgIpc) is 3.27. The number of likely N-dealkylation sites (tertiary alicyclic amines) is 1. The van der Waals surface area contributed by atoms with E-state index >= 15 is 0 Å². The Morgan fingerprint density at radius 3 is 2.08 bits per heavy atom. The molecule has 1 saturated heterocycles. The molecule has 2 aliphatic rings. The molecule has 8 nitrogen and oxygen atoms in total. The van der Waals surface area contributed by atoms with Crippen molar-refractivity contribution < 1.29 is 24.2 Å². The quantitative estimate of drug-likeness (QED) is 0.406. The lowest BCUT2D eigenvalue weighted by Gasteiger charge is -2.41. The van der Waals surface area contributed by atoms with Gasteiger partial charge in [-0.05, 0) is 47.6 Å². The van der Waals surface area contributed by atoms with Crippen LogP contribution in [0.3, 0.4) is 0 Å². The van der Waals surface area contributed by atoms with E-state index in [4.69, 9.17) is 4.74 Å². The van der Waals surface area contributed by atoms with E-state index in [0.717, 1.165) is 28.8 Å². The molecule has 39 heavy (non-hydrogen) atoms. The first-order valence-electron chi connectivity index (χ1n) is 13.3. The molecule has 0 saturated carbocycles. The number of nitrogens with zero attached hydrogens (tertiary/aromatic N) is 1. The minimum atomic E-state index is -1.26. The Labute approximate surface area is 228 Å². The minimum absolute atomic E-state index is 0.104. The van der Waals surface area contributed by atoms with E-state index in [1.54, 1.807) is 0 Å². The Balaban J connectivity index is 1.28. The van der Waals surface area contributed by atoms with Crippen LogP contribution in [0, 0.1) is 0 Å². The van der Waals surface area contributed by atoms with E-state index in [1.807, 2.05) is 54.6 Å². The van der Waals surface area contributed by atoms with Crippen molar-refractivity contribution in [2.24, 2.45) is 0 Å². The predicted octanol–water partition coefficient (Wildman–Crippen LogP) is 4.15. The number of alkyl carbamates (subject to hydrolysis) is 1. The maximum atomic E-state index is 13.4. The molecule has 8 heteroatoms. The van der Waals surface area contributed by atoms with Gasteiger partial charge < -0.3 is 20.5 Å². The van der Waals surface area contributed by atoms with E-state index in [-0.39, 0.29) is 12.5 Å². The number of rotatable bonds is 8. The number of piperidine rings is 1. The van der Waals surface area contributed by atoms with Crippen LogP contribution < -0.4 is 10.6 Å². The third-order valence-corrected chi connectivity index (χ3v) is 7.80. The molecule has 3 aromatic carbocycles. The number of hydrogen-bond acceptors (Lipinski definition) is 5. The molecule has 5 rings (SSSR count). The van der Waals surface area contributed by atoms with Crippen LogP contribution in [0.1, 0.15) is 42.4 Å². The lowest BCUT2D eigenvalue weighted by molar-refractivity contribution is -0.142. The number of carbonyl (C=O) groups excluding carboxylic acids is 2. The van der Waals surface area contributed by atoms with Crippen molar-refractivity contribution in [2.75, 3.05) is 19.7 Å². The fourth-order valence-electron chi connectivity index (χ4n) is 5.57. The maximum Gasteiger partial charge on any atom is 0.408 e. The van der Waals surface area contributed by atoms with Crippen LogP contribution >= 0.6 is 0 Å². The Morgan fingerprint density at radius 1 is 0.923 bits per heavy atom. The van der Waals surface area contributed by atoms with E-state index in [0.29, 0.717) is 25.9 Å². The van der Waals surface area contributed by atoms with Gasteiger partial charge in [0.2, 0.25) is 5.91 Å². The lowest BCUT2D eigenvalue weighted by atomic mass is 9.86. The van der Waals surface area contributed by atoms with Crippen molar-refractivity contribution in [1.82, 2.24) is 15.5 Å². The fraction of sp³-hybridized carbons (Fsp3) is 0.323. The zero-order chi connectivity index (χ0) is 27.4. The molecule has 0 aromatic heterocycles. The largest absolute Gasteiger partial charge is 0.480 e. The topological polar surface area (TPSA) is 108 Å². The average molecular weight is 528 g/mol. The summed E-state index contributed by atoms with van der Waals surface area (Å²) in [6.45, 7) is 3.39. The maximum absolute atomic E-state index is 13.4. The molecule has 1 aliphatic carbocycles. The van der Waals surface area contributed by atoms with Crippen LogP contribution in [0.15, 0.2) is 78.9 Å². The summed E-state index contributed by atoms with van der Waals surface area (Å²) >= 11 is 0. The Bertz CT molecular complexity index is 1310. The summed E-state index contributed by atoms with van der Waals surface area (Å²) < 4.78 is 5.73. The summed E-state index contributed by atoms with van der Waals surface area (Å²) in [5.41, 5.74) is 4.36. The highest BCUT2D eigenvalue weighted by molar-refractivity contribution is 5.92. The van der Waals surface area contributed by atoms with Gasteiger partial charge in [-0.1, -0.05) is 78.9 Å². The SMILES string of the molecule is C[C@@H](NC(=O)C1(NC(=O)OCC2c3ccccc3-c3ccccc32)CCN(Cc2ccccc2)CC1)C(=O)O. The van der Waals surface area contributed by atoms with Crippen molar-refractivity contribution in [1.29, 1.82) is 0 Å². The van der Waals surface area contributed by atoms with Gasteiger partial charge in [0.25, 0.3) is 0 Å². The zero-order valence-electron chi connectivity index (χ0n) is 21.9. The number of ether oxygens (including phenoxy) is 1. The number of benzene rings is 3. The summed E-state index contributed by atoms with van der Waals surface area (Å²) in [6.07, 6.45) is -0.0174. The smallest absolute Gasteiger partial charge is 0.408 e. The molecule has 0 radical (unpaired) electrons. The third-order valence-electron chi connectivity index (χ3n) is 7.80. The summed E-state index contributed by atoms with van der Waals surface area (Å²) in [5.74, 6) is -1.75. The summed E-state index contributed by atoms with van der Waals surface area (Å²) in [4.78, 5) is 40.1. The number of hydrogen-bond donors (Lipinski definition) is 3. The first kappa shape index (κ1) is 26.4. The summed E-state index contributed by atoms with van der Waals surface area (Å²) in [7, 11) is 0. The number of carbonyl (C=O) groups is 3. The Hall–Kier alpha value is -4.17. The molecule has 1 atom stereocenters. The highest BCUT2D eigenvalue weighted by atomic mass is 16.5. The predicted molar refractivity (Wildman–Crippen MR) is 147 cm³/mol. The van der Waals surface area contributed by atoms with E-state index in [2.05, 4.69) is 39.8 Å². The van der Waals surface area contributed by atoms with E-state index in [1.165, 1.54) is 12.5 Å². The monoisotopic (exact) mass is 527 g/mol. The Kier molecular flexibility index (Phi) is 7.65. The molecule has 3 aromatic rings. The zero-order valence-corrected chi connectivity index (χ0v) is 21.9. The fourth-order valence-corrected chi connectivity index (χ4v) is 5.57. The molecular formula is C31H33N3O5. The molecule has 0 unspecified atom stereocenters. The van der Waals surface area contributed by atoms with Gasteiger partial charge in [0, 0.05) is 25.6 Å². The van der Waals surface area contributed by atoms with Crippen molar-refractivity contribution in [2.45, 2.75) is 43.8 Å². The van der Waals surface area contributed by atoms with Gasteiger partial charge in [-0.3, -0.25) is 14.5 Å². The van der Waals surface area contributed by atoms with E-state index < -0.39 is 29.6 Å². The molecule has 202 valence electrons. The highest BCUT2D eigenvalue weighted by Crippen LogP contribution is 2.44. The second-order valence-electron chi connectivity index (χ2n) is 10.3. The van der Waals surface area contributed by atoms with Crippen LogP contribution in [0.4, 0.5) is 4.79 Å². The molecule has 0 spiro atoms. The van der Waals surface area contributed by atoms with Gasteiger partial charge >= 0.3 is 12.1 Å². The lowest BCUT2D eigenvalue weighted by Crippen LogP contribution is -2.64. The standard InChI is InChI=1S/C31H33N3O5/c1-21(28(35)36)32-29(37)31(15-17-34(18-16-31)19-22-9-3-2-4-10-22)33-30(38)39-20-27-25-13-7-5-11-23(25)24-12-6-8-14-26(24)27/h2-14,21,27H,15-20H2,1H3,(H,32,37)(H,33,38)(H,35,36)/t21-/m1/s1. The van der Waals surface area contributed by atoms with Crippen LogP contribution in [0.2, 0.25) is 0 Å². The van der Waals surface area contributed by atoms with Crippen molar-refractivity contribution in [3.05, 3.63) is 95.6 Å². The van der Waals surface area contributed by atoms with Crippen LogP contribution in [0.5, 0.6) is 0 Å². The number of carboxylic acid groups (broad SMARTS) is 1. The normalized spacial score (nSPS) is 16.9. The second kappa shape index (κ2) is 11.3. The van der Waals surface area contributed by atoms with Gasteiger partial charge in [-0.15, -0.1) is 0 Å². The van der Waals surface area contributed by atoms with Crippen LogP contribution in [0.25, 0.3) is 11.1 Å². The Morgan fingerprint density at radius 2 is 1.49 bits per heavy atom. The molecule has 0 bridgehead atoms. The summed E-state index contributed by atoms with van der Waals surface area (Å²) in [6, 6.07) is 25.2. The summed E-state index contributed by atoms with van der Waals surface area (Å²) in [5, 5.41) is 14.7. The highest BCUT2D eigenvalue weighted by Gasteiger charge is 2.44. The van der Waals surface area contributed by atoms with Crippen molar-refractivity contribution in [3.63, 3.8) is 0 Å². The number of amides is 2. The third kappa shape index (κ3) is 5.66. The molecule has 1 heterocycles. The van der Waals surface area contributed by atoms with Gasteiger partial charge in [0.15, 0.2) is 0 Å². The molecule has 1 aliphatic heterocycles. The molecular weight excluding hydrogens is 494 g/mol. The molecule has 3 N–H and O–H groups in total. The van der Waals surface area contributed by atoms with Crippen LogP contribution in [-0.4, -0.2) is 59.3 Å². The first-order chi connectivity index (χ1) is 18.9. The van der Waals surface area contributed by atoms with Crippen molar-refractivity contribution >= 4 is 18.0 Å². The van der Waals surface area contributed by atoms with Gasteiger partial charge in [0.1, 0.15) is 18.2 Å². The molecule has 1 fully saturated rings. The van der Waals surface area contributed by atoms with Crippen molar-refractivity contribution in [3.8, 4) is 11.1 Å². The number of nitrogens with one attached hydrogen (secondary N) is 2. The van der Waals surface area contributed by atoms with Gasteiger partial charge in [0.05, 0.1) is 0 Å². The van der Waals surface area contributed by atoms with E-state index in [9.17, 15) is 19.5 Å². The first-order valence-corrected chi connectivity index (χ1v) is 13.3. The van der Waals surface area contributed by atoms with Crippen LogP contribution in [-0.2, 0) is 20.9 Å². The molecule has 2 amide bonds. The number of aliphatic carboxylic acids is 1. The number of carboxylic acids is 1. The second-order valence-corrected chi connectivity index (χ2v) is 10.3.